The molecule has 10 atom stereocenters. The average molecular weight is 637 g/mol. The van der Waals surface area contributed by atoms with E-state index in [2.05, 4.69) is 0 Å². The Hall–Kier alpha value is -3.87. The number of hydrogen-bond donors (Lipinski definition) is 1. The van der Waals surface area contributed by atoms with Crippen LogP contribution in [0.3, 0.4) is 0 Å². The third kappa shape index (κ3) is 10.7. The summed E-state index contributed by atoms with van der Waals surface area (Å²) in [5, 5.41) is 10.6. The number of rotatable bonds is 11. The normalized spacial score (nSPS) is 31.5. The van der Waals surface area contributed by atoms with Crippen LogP contribution in [0.15, 0.2) is 0 Å². The number of carbonyl (C=O) groups is 7. The molecule has 2 heterocycles. The van der Waals surface area contributed by atoms with Gasteiger partial charge in [-0.3, -0.25) is 33.6 Å². The maximum Gasteiger partial charge on any atom is 0.303 e. The van der Waals surface area contributed by atoms with Gasteiger partial charge in [-0.15, -0.1) is 0 Å². The molecule has 18 nitrogen and oxygen atoms in total. The van der Waals surface area contributed by atoms with Gasteiger partial charge in [0.15, 0.2) is 43.1 Å². The zero-order valence-corrected chi connectivity index (χ0v) is 25.1. The van der Waals surface area contributed by atoms with Crippen molar-refractivity contribution < 1.29 is 86.0 Å². The molecule has 0 aromatic heterocycles. The lowest BCUT2D eigenvalue weighted by atomic mass is 9.96. The summed E-state index contributed by atoms with van der Waals surface area (Å²) < 4.78 is 54.1. The fraction of sp³-hybridized carbons (Fsp3) is 0.731. The molecule has 2 fully saturated rings. The zero-order valence-electron chi connectivity index (χ0n) is 25.1. The van der Waals surface area contributed by atoms with Gasteiger partial charge in [-0.2, -0.15) is 0 Å². The quantitative estimate of drug-likeness (QED) is 0.203. The van der Waals surface area contributed by atoms with Gasteiger partial charge in [0.25, 0.3) is 0 Å². The molecule has 0 aromatic rings. The third-order valence-corrected chi connectivity index (χ3v) is 5.90. The molecule has 0 bridgehead atoms. The van der Waals surface area contributed by atoms with E-state index in [0.29, 0.717) is 0 Å². The van der Waals surface area contributed by atoms with Gasteiger partial charge in [0.1, 0.15) is 31.5 Å². The largest absolute Gasteiger partial charge is 0.463 e. The van der Waals surface area contributed by atoms with Gasteiger partial charge in [0.05, 0.1) is 0 Å². The van der Waals surface area contributed by atoms with Crippen LogP contribution < -0.4 is 0 Å². The highest BCUT2D eigenvalue weighted by atomic mass is 16.8. The molecule has 0 saturated carbocycles. The minimum absolute atomic E-state index is 0.572. The maximum absolute atomic E-state index is 12.2. The van der Waals surface area contributed by atoms with E-state index in [-0.39, 0.29) is 0 Å². The lowest BCUT2D eigenvalue weighted by Crippen LogP contribution is -2.67. The Morgan fingerprint density at radius 2 is 0.841 bits per heavy atom. The van der Waals surface area contributed by atoms with Crippen LogP contribution in [0.4, 0.5) is 0 Å². The van der Waals surface area contributed by atoms with E-state index in [0.717, 1.165) is 48.5 Å². The van der Waals surface area contributed by atoms with Crippen LogP contribution in [-0.4, -0.2) is 122 Å². The first kappa shape index (κ1) is 36.3. The summed E-state index contributed by atoms with van der Waals surface area (Å²) in [4.78, 5) is 83.5. The summed E-state index contributed by atoms with van der Waals surface area (Å²) in [6, 6.07) is 0. The van der Waals surface area contributed by atoms with Crippen LogP contribution in [0.2, 0.25) is 0 Å². The summed E-state index contributed by atoms with van der Waals surface area (Å²) in [6.07, 6.45) is -16.3. The van der Waals surface area contributed by atoms with Crippen molar-refractivity contribution in [1.82, 2.24) is 0 Å². The van der Waals surface area contributed by atoms with Gasteiger partial charge in [-0.1, -0.05) is 0 Å². The van der Waals surface area contributed by atoms with Crippen molar-refractivity contribution in [2.24, 2.45) is 0 Å². The van der Waals surface area contributed by atoms with Gasteiger partial charge in [0.2, 0.25) is 0 Å². The Morgan fingerprint density at radius 1 is 0.477 bits per heavy atom. The number of carbonyl (C=O) groups excluding carboxylic acids is 7. The zero-order chi connectivity index (χ0) is 33.3. The summed E-state index contributed by atoms with van der Waals surface area (Å²) in [5.74, 6) is -6.03. The molecule has 0 amide bonds. The molecular weight excluding hydrogens is 600 g/mol. The number of aliphatic hydroxyl groups is 1. The molecule has 0 aromatic carbocycles. The summed E-state index contributed by atoms with van der Waals surface area (Å²) in [6.45, 7) is 6.11. The van der Waals surface area contributed by atoms with Crippen LogP contribution in [-0.2, 0) is 80.9 Å². The van der Waals surface area contributed by atoms with Gasteiger partial charge >= 0.3 is 41.8 Å². The van der Waals surface area contributed by atoms with E-state index in [1.165, 1.54) is 0 Å². The Kier molecular flexibility index (Phi) is 13.4. The van der Waals surface area contributed by atoms with E-state index in [1.54, 1.807) is 0 Å². The maximum atomic E-state index is 12.2. The van der Waals surface area contributed by atoms with Crippen molar-refractivity contribution in [2.45, 2.75) is 110 Å². The Labute approximate surface area is 251 Å². The molecule has 2 saturated heterocycles. The average Bonchev–Trinajstić information content (AvgIpc) is 2.87. The predicted octanol–water partition coefficient (Wildman–Crippen LogP) is -1.40. The predicted molar refractivity (Wildman–Crippen MR) is 135 cm³/mol. The van der Waals surface area contributed by atoms with E-state index >= 15 is 0 Å². The third-order valence-electron chi connectivity index (χ3n) is 5.90. The van der Waals surface area contributed by atoms with Gasteiger partial charge in [-0.05, 0) is 0 Å². The van der Waals surface area contributed by atoms with Crippen LogP contribution in [0, 0.1) is 0 Å². The van der Waals surface area contributed by atoms with Crippen LogP contribution >= 0.6 is 0 Å². The molecule has 2 aliphatic rings. The fourth-order valence-electron chi connectivity index (χ4n) is 4.49. The molecular formula is C26H36O18. The van der Waals surface area contributed by atoms with Crippen molar-refractivity contribution in [3.63, 3.8) is 0 Å². The molecule has 0 spiro atoms. The number of hydrogen-bond acceptors (Lipinski definition) is 18. The second kappa shape index (κ2) is 16.3. The Balaban J connectivity index is 2.66. The van der Waals surface area contributed by atoms with Crippen molar-refractivity contribution in [3.8, 4) is 0 Å². The lowest BCUT2D eigenvalue weighted by molar-refractivity contribution is -0.357. The highest BCUT2D eigenvalue weighted by Gasteiger charge is 2.57. The number of esters is 7. The molecule has 2 aliphatic heterocycles. The van der Waals surface area contributed by atoms with Crippen molar-refractivity contribution in [1.29, 1.82) is 0 Å². The van der Waals surface area contributed by atoms with Crippen molar-refractivity contribution >= 4 is 41.8 Å². The van der Waals surface area contributed by atoms with Crippen LogP contribution in [0.5, 0.6) is 0 Å². The van der Waals surface area contributed by atoms with Crippen molar-refractivity contribution in [3.05, 3.63) is 0 Å². The molecule has 0 aliphatic carbocycles. The number of aliphatic hydroxyl groups excluding tert-OH is 1. The standard InChI is InChI=1S/C26H36O18/c1-10(27)35-8-17-20(21(38-13(4)30)23(25(34)42-17)40-15(6)32)44-26-24(41-16(7)33)22(39-14(5)31)19(37-12(3)29)18(43-26)9-36-11(2)28/h17-26,34H,8-9H2,1-7H3/t17?,18?,19-,20-,21+,22-,23?,24?,25?,26-/m0/s1. The van der Waals surface area contributed by atoms with Crippen molar-refractivity contribution in [2.75, 3.05) is 13.2 Å². The highest BCUT2D eigenvalue weighted by Crippen LogP contribution is 2.34. The van der Waals surface area contributed by atoms with Gasteiger partial charge in [0, 0.05) is 48.5 Å². The second-order valence-corrected chi connectivity index (χ2v) is 9.68. The van der Waals surface area contributed by atoms with Gasteiger partial charge in [-0.25, -0.2) is 0 Å². The lowest BCUT2D eigenvalue weighted by Gasteiger charge is -2.48. The topological polar surface area (TPSA) is 232 Å². The molecule has 18 heteroatoms. The minimum Gasteiger partial charge on any atom is -0.463 e. The van der Waals surface area contributed by atoms with Crippen LogP contribution in [0.1, 0.15) is 48.5 Å². The minimum atomic E-state index is -1.90. The summed E-state index contributed by atoms with van der Waals surface area (Å²) in [5.41, 5.74) is 0. The molecule has 44 heavy (non-hydrogen) atoms. The van der Waals surface area contributed by atoms with Crippen LogP contribution in [0.25, 0.3) is 0 Å². The van der Waals surface area contributed by atoms with E-state index in [9.17, 15) is 38.7 Å². The molecule has 2 rings (SSSR count). The monoisotopic (exact) mass is 636 g/mol. The fourth-order valence-corrected chi connectivity index (χ4v) is 4.49. The summed E-state index contributed by atoms with van der Waals surface area (Å²) >= 11 is 0. The molecule has 248 valence electrons. The first-order valence-corrected chi connectivity index (χ1v) is 13.3. The number of ether oxygens (including phenoxy) is 10. The summed E-state index contributed by atoms with van der Waals surface area (Å²) in [7, 11) is 0. The Morgan fingerprint density at radius 3 is 1.27 bits per heavy atom. The van der Waals surface area contributed by atoms with Gasteiger partial charge < -0.3 is 52.5 Å². The Bertz CT molecular complexity index is 1090. The van der Waals surface area contributed by atoms with E-state index in [4.69, 9.17) is 47.4 Å². The molecule has 0 radical (unpaired) electrons. The van der Waals surface area contributed by atoms with E-state index < -0.39 is 116 Å². The second-order valence-electron chi connectivity index (χ2n) is 9.68. The van der Waals surface area contributed by atoms with E-state index in [1.807, 2.05) is 0 Å². The molecule has 1 N–H and O–H groups in total. The first-order chi connectivity index (χ1) is 20.5. The highest BCUT2D eigenvalue weighted by molar-refractivity contribution is 5.69. The SMILES string of the molecule is CC(=O)OCC1O[C@@H](O[C@H]2C(COC(C)=O)OC(O)C(OC(C)=O)[C@@H]2OC(C)=O)C(OC(C)=O)[C@@H](OC(C)=O)[C@H]1OC(C)=O. The smallest absolute Gasteiger partial charge is 0.303 e. The molecule has 5 unspecified atom stereocenters. The first-order valence-electron chi connectivity index (χ1n) is 13.3.